The third-order valence-electron chi connectivity index (χ3n) is 3.86. The Labute approximate surface area is 202 Å². The van der Waals surface area contributed by atoms with Gasteiger partial charge in [-0.15, -0.1) is 0 Å². The fraction of sp³-hybridized carbons (Fsp3) is 0.318. The standard InChI is InChI=1S/C22H23Cl4NO4/c1-3-31-27-15(2)17-7-4-5-8-20(17)29-10-6-11-30-22-18(23)13-16(14-19(22)24)28-12-9-21(25)26/h4-5,7-9,13-14H,3,6,10-12H2,1-2H3/b27-15+. The number of oxime groups is 1. The smallest absolute Gasteiger partial charge is 0.156 e. The van der Waals surface area contributed by atoms with Crippen molar-refractivity contribution in [3.63, 3.8) is 0 Å². The van der Waals surface area contributed by atoms with Gasteiger partial charge in [-0.1, -0.05) is 63.7 Å². The lowest BCUT2D eigenvalue weighted by Gasteiger charge is -2.13. The number of ether oxygens (including phenoxy) is 3. The van der Waals surface area contributed by atoms with Crippen molar-refractivity contribution in [3.8, 4) is 17.2 Å². The van der Waals surface area contributed by atoms with E-state index in [1.54, 1.807) is 12.1 Å². The number of halogens is 4. The van der Waals surface area contributed by atoms with Crippen LogP contribution in [0, 0.1) is 0 Å². The van der Waals surface area contributed by atoms with Gasteiger partial charge >= 0.3 is 0 Å². The Morgan fingerprint density at radius 3 is 2.35 bits per heavy atom. The third-order valence-corrected chi connectivity index (χ3v) is 4.73. The highest BCUT2D eigenvalue weighted by Gasteiger charge is 2.11. The van der Waals surface area contributed by atoms with Crippen LogP contribution in [0.3, 0.4) is 0 Å². The van der Waals surface area contributed by atoms with Gasteiger partial charge in [0.2, 0.25) is 0 Å². The minimum absolute atomic E-state index is 0.124. The lowest BCUT2D eigenvalue weighted by Crippen LogP contribution is -2.08. The molecule has 0 bridgehead atoms. The van der Waals surface area contributed by atoms with E-state index in [4.69, 9.17) is 65.5 Å². The van der Waals surface area contributed by atoms with Gasteiger partial charge in [0.1, 0.15) is 29.2 Å². The van der Waals surface area contributed by atoms with Crippen LogP contribution in [0.15, 0.2) is 52.1 Å². The summed E-state index contributed by atoms with van der Waals surface area (Å²) in [6.07, 6.45) is 2.14. The first kappa shape index (κ1) is 25.5. The van der Waals surface area contributed by atoms with Crippen LogP contribution in [0.1, 0.15) is 25.8 Å². The predicted octanol–water partition coefficient (Wildman–Crippen LogP) is 7.30. The van der Waals surface area contributed by atoms with E-state index in [1.165, 1.54) is 6.08 Å². The summed E-state index contributed by atoms with van der Waals surface area (Å²) in [6.45, 7) is 5.28. The van der Waals surface area contributed by atoms with Crippen molar-refractivity contribution in [2.75, 3.05) is 26.4 Å². The quantitative estimate of drug-likeness (QED) is 0.172. The molecule has 0 N–H and O–H groups in total. The lowest BCUT2D eigenvalue weighted by atomic mass is 10.1. The Morgan fingerprint density at radius 2 is 1.68 bits per heavy atom. The van der Waals surface area contributed by atoms with Crippen LogP contribution in [-0.4, -0.2) is 32.1 Å². The van der Waals surface area contributed by atoms with Gasteiger partial charge in [0, 0.05) is 24.1 Å². The number of para-hydroxylation sites is 1. The minimum atomic E-state index is 0.124. The van der Waals surface area contributed by atoms with Gasteiger partial charge in [-0.3, -0.25) is 0 Å². The largest absolute Gasteiger partial charge is 0.493 e. The second-order valence-electron chi connectivity index (χ2n) is 6.16. The first-order valence-electron chi connectivity index (χ1n) is 9.57. The Morgan fingerprint density at radius 1 is 1.00 bits per heavy atom. The number of hydrogen-bond acceptors (Lipinski definition) is 5. The lowest BCUT2D eigenvalue weighted by molar-refractivity contribution is 0.158. The Balaban J connectivity index is 1.86. The van der Waals surface area contributed by atoms with Crippen LogP contribution in [-0.2, 0) is 4.84 Å². The van der Waals surface area contributed by atoms with E-state index in [2.05, 4.69) is 5.16 Å². The average Bonchev–Trinajstić information content (AvgIpc) is 2.73. The van der Waals surface area contributed by atoms with Gasteiger partial charge in [-0.2, -0.15) is 0 Å². The summed E-state index contributed by atoms with van der Waals surface area (Å²) >= 11 is 23.6. The summed E-state index contributed by atoms with van der Waals surface area (Å²) in [7, 11) is 0. The molecule has 0 aromatic heterocycles. The first-order valence-corrected chi connectivity index (χ1v) is 11.1. The van der Waals surface area contributed by atoms with Crippen molar-refractivity contribution in [2.24, 2.45) is 5.16 Å². The van der Waals surface area contributed by atoms with E-state index in [-0.39, 0.29) is 11.1 Å². The van der Waals surface area contributed by atoms with Crippen LogP contribution in [0.5, 0.6) is 17.2 Å². The Kier molecular flexibility index (Phi) is 11.2. The van der Waals surface area contributed by atoms with E-state index in [9.17, 15) is 0 Å². The molecule has 0 amide bonds. The van der Waals surface area contributed by atoms with Crippen molar-refractivity contribution in [1.29, 1.82) is 0 Å². The van der Waals surface area contributed by atoms with Crippen LogP contribution >= 0.6 is 46.4 Å². The molecule has 0 aliphatic heterocycles. The van der Waals surface area contributed by atoms with Gasteiger partial charge in [-0.25, -0.2) is 0 Å². The molecule has 0 saturated carbocycles. The summed E-state index contributed by atoms with van der Waals surface area (Å²) in [5, 5.41) is 4.76. The van der Waals surface area contributed by atoms with Crippen molar-refractivity contribution < 1.29 is 19.0 Å². The highest BCUT2D eigenvalue weighted by atomic mass is 35.5. The molecule has 31 heavy (non-hydrogen) atoms. The summed E-state index contributed by atoms with van der Waals surface area (Å²) in [5.41, 5.74) is 1.63. The van der Waals surface area contributed by atoms with Crippen LogP contribution in [0.2, 0.25) is 10.0 Å². The molecule has 0 radical (unpaired) electrons. The summed E-state index contributed by atoms with van der Waals surface area (Å²) in [4.78, 5) is 5.12. The zero-order valence-electron chi connectivity index (χ0n) is 17.2. The van der Waals surface area contributed by atoms with Crippen LogP contribution in [0.4, 0.5) is 0 Å². The second-order valence-corrected chi connectivity index (χ2v) is 7.98. The summed E-state index contributed by atoms with van der Waals surface area (Å²) in [6, 6.07) is 10.9. The van der Waals surface area contributed by atoms with Crippen LogP contribution in [0.25, 0.3) is 0 Å². The summed E-state index contributed by atoms with van der Waals surface area (Å²) in [5.74, 6) is 1.60. The second kappa shape index (κ2) is 13.6. The van der Waals surface area contributed by atoms with Crippen molar-refractivity contribution in [2.45, 2.75) is 20.3 Å². The molecule has 168 valence electrons. The normalized spacial score (nSPS) is 11.1. The number of hydrogen-bond donors (Lipinski definition) is 0. The zero-order valence-corrected chi connectivity index (χ0v) is 20.2. The molecule has 0 saturated heterocycles. The minimum Gasteiger partial charge on any atom is -0.493 e. The summed E-state index contributed by atoms with van der Waals surface area (Å²) < 4.78 is 17.2. The van der Waals surface area contributed by atoms with E-state index < -0.39 is 0 Å². The van der Waals surface area contributed by atoms with Gasteiger partial charge < -0.3 is 19.0 Å². The first-order chi connectivity index (χ1) is 14.9. The highest BCUT2D eigenvalue weighted by Crippen LogP contribution is 2.37. The van der Waals surface area contributed by atoms with Crippen molar-refractivity contribution in [3.05, 3.63) is 62.6 Å². The molecule has 0 spiro atoms. The van der Waals surface area contributed by atoms with Gasteiger partial charge in [0.15, 0.2) is 5.75 Å². The molecule has 2 rings (SSSR count). The van der Waals surface area contributed by atoms with Crippen LogP contribution < -0.4 is 14.2 Å². The zero-order chi connectivity index (χ0) is 22.6. The maximum atomic E-state index is 6.27. The maximum Gasteiger partial charge on any atom is 0.156 e. The van der Waals surface area contributed by atoms with Gasteiger partial charge in [-0.05, 0) is 32.1 Å². The predicted molar refractivity (Wildman–Crippen MR) is 128 cm³/mol. The molecule has 0 heterocycles. The molecule has 9 heteroatoms. The molecule has 0 aliphatic carbocycles. The van der Waals surface area contributed by atoms with E-state index in [0.29, 0.717) is 47.8 Å². The molecule has 2 aromatic rings. The number of rotatable bonds is 12. The molecule has 5 nitrogen and oxygen atoms in total. The van der Waals surface area contributed by atoms with Crippen molar-refractivity contribution >= 4 is 52.1 Å². The van der Waals surface area contributed by atoms with E-state index in [0.717, 1.165) is 17.0 Å². The Bertz CT molecular complexity index is 891. The molecule has 0 fully saturated rings. The molecule has 2 aromatic carbocycles. The molecular weight excluding hydrogens is 484 g/mol. The van der Waals surface area contributed by atoms with Gasteiger partial charge in [0.25, 0.3) is 0 Å². The molecule has 0 unspecified atom stereocenters. The fourth-order valence-electron chi connectivity index (χ4n) is 2.48. The molecule has 0 atom stereocenters. The maximum absolute atomic E-state index is 6.27. The van der Waals surface area contributed by atoms with E-state index in [1.807, 2.05) is 38.1 Å². The number of benzene rings is 2. The molecular formula is C22H23Cl4NO4. The SMILES string of the molecule is CCO/N=C(\C)c1ccccc1OCCCOc1c(Cl)cc(OCC=C(Cl)Cl)cc1Cl. The van der Waals surface area contributed by atoms with Gasteiger partial charge in [0.05, 0.1) is 29.0 Å². The monoisotopic (exact) mass is 505 g/mol. The number of nitrogens with zero attached hydrogens (tertiary/aromatic N) is 1. The fourth-order valence-corrected chi connectivity index (χ4v) is 3.18. The average molecular weight is 507 g/mol. The Hall–Kier alpha value is -1.79. The topological polar surface area (TPSA) is 49.3 Å². The molecule has 0 aliphatic rings. The highest BCUT2D eigenvalue weighted by molar-refractivity contribution is 6.55. The van der Waals surface area contributed by atoms with E-state index >= 15 is 0 Å². The van der Waals surface area contributed by atoms with Crippen molar-refractivity contribution in [1.82, 2.24) is 0 Å². The third kappa shape index (κ3) is 8.69.